The van der Waals surface area contributed by atoms with E-state index in [2.05, 4.69) is 15.5 Å². The summed E-state index contributed by atoms with van der Waals surface area (Å²) in [5.74, 6) is -0.823. The molecule has 2 aromatic carbocycles. The van der Waals surface area contributed by atoms with Gasteiger partial charge in [0.05, 0.1) is 31.8 Å². The molecule has 0 saturated carbocycles. The standard InChI is InChI=1S/C34H45N5O6Si/c1-22-30(46(2,3)44)28(19-29(41)37-17-7-10-25(37)20-40)45-34(22)26-18-24(11-12-27(26)36-31(34)42)38-21-39(23-8-5-4-6-9-23)33(32(38)43)13-15-35-16-14-33/h4-6,8-9,11-12,18,22,25,28,30,35,40,44H,7,10,13-17,19-21H2,1-3H3,(H,36,42)/t22-,25-,28+,30-,34+/m0/s1. The van der Waals surface area contributed by atoms with Gasteiger partial charge in [0.25, 0.3) is 11.8 Å². The second-order valence-corrected chi connectivity index (χ2v) is 18.2. The summed E-state index contributed by atoms with van der Waals surface area (Å²) in [6.07, 6.45) is 2.32. The quantitative estimate of drug-likeness (QED) is 0.352. The van der Waals surface area contributed by atoms with E-state index in [4.69, 9.17) is 4.74 Å². The van der Waals surface area contributed by atoms with E-state index in [-0.39, 0.29) is 36.8 Å². The highest BCUT2D eigenvalue weighted by molar-refractivity contribution is 6.71. The minimum Gasteiger partial charge on any atom is -0.432 e. The summed E-state index contributed by atoms with van der Waals surface area (Å²) in [7, 11) is -2.95. The van der Waals surface area contributed by atoms with E-state index in [1.165, 1.54) is 0 Å². The summed E-state index contributed by atoms with van der Waals surface area (Å²) in [5, 5.41) is 16.3. The molecule has 12 heteroatoms. The van der Waals surface area contributed by atoms with Crippen molar-refractivity contribution in [3.05, 3.63) is 54.1 Å². The molecule has 0 unspecified atom stereocenters. The van der Waals surface area contributed by atoms with Gasteiger partial charge in [-0.15, -0.1) is 0 Å². The molecule has 246 valence electrons. The van der Waals surface area contributed by atoms with Crippen LogP contribution in [0.1, 0.15) is 44.6 Å². The predicted octanol–water partition coefficient (Wildman–Crippen LogP) is 2.74. The van der Waals surface area contributed by atoms with Crippen LogP contribution in [0.15, 0.2) is 48.5 Å². The number of benzene rings is 2. The monoisotopic (exact) mass is 647 g/mol. The zero-order valence-corrected chi connectivity index (χ0v) is 27.9. The van der Waals surface area contributed by atoms with Gasteiger partial charge < -0.3 is 35.1 Å². The maximum atomic E-state index is 14.4. The molecule has 7 rings (SSSR count). The number of para-hydroxylation sites is 1. The fourth-order valence-electron chi connectivity index (χ4n) is 9.06. The Labute approximate surface area is 271 Å². The van der Waals surface area contributed by atoms with Gasteiger partial charge in [-0.25, -0.2) is 0 Å². The molecule has 5 aliphatic heterocycles. The van der Waals surface area contributed by atoms with Crippen molar-refractivity contribution in [2.75, 3.05) is 48.0 Å². The summed E-state index contributed by atoms with van der Waals surface area (Å²) >= 11 is 0. The minimum absolute atomic E-state index is 0.0275. The molecule has 0 aromatic heterocycles. The van der Waals surface area contributed by atoms with Gasteiger partial charge in [-0.05, 0) is 82.2 Å². The number of amides is 3. The number of hydrogen-bond acceptors (Lipinski definition) is 8. The number of anilines is 3. The SMILES string of the molecule is C[C@H]1[C@H]([Si](C)(C)O)[C@@H](CC(=O)N2CCC[C@H]2CO)O[C@]12C(=O)Nc1ccc(N3CN(c4ccccc4)C4(CCNCC4)C3=O)cc12. The first kappa shape index (κ1) is 31.3. The topological polar surface area (TPSA) is 135 Å². The zero-order chi connectivity index (χ0) is 32.4. The molecule has 0 radical (unpaired) electrons. The van der Waals surface area contributed by atoms with Crippen LogP contribution in [0.4, 0.5) is 17.1 Å². The molecule has 46 heavy (non-hydrogen) atoms. The number of nitrogens with zero attached hydrogens (tertiary/aromatic N) is 3. The molecule has 0 bridgehead atoms. The van der Waals surface area contributed by atoms with Gasteiger partial charge in [-0.2, -0.15) is 0 Å². The van der Waals surface area contributed by atoms with Crippen molar-refractivity contribution in [2.24, 2.45) is 5.92 Å². The van der Waals surface area contributed by atoms with Crippen molar-refractivity contribution in [1.29, 1.82) is 0 Å². The van der Waals surface area contributed by atoms with E-state index in [1.54, 1.807) is 4.90 Å². The number of hydrogen-bond donors (Lipinski definition) is 4. The summed E-state index contributed by atoms with van der Waals surface area (Å²) < 4.78 is 6.77. The zero-order valence-electron chi connectivity index (χ0n) is 26.9. The number of likely N-dealkylation sites (tertiary alicyclic amines) is 1. The highest BCUT2D eigenvalue weighted by Gasteiger charge is 2.65. The van der Waals surface area contributed by atoms with E-state index in [0.717, 1.165) is 31.6 Å². The van der Waals surface area contributed by atoms with Crippen LogP contribution in [0.25, 0.3) is 0 Å². The normalized spacial score (nSPS) is 30.5. The second-order valence-electron chi connectivity index (χ2n) is 14.2. The lowest BCUT2D eigenvalue weighted by atomic mass is 9.82. The van der Waals surface area contributed by atoms with Gasteiger partial charge in [0.2, 0.25) is 5.91 Å². The Balaban J connectivity index is 1.24. The van der Waals surface area contributed by atoms with Gasteiger partial charge in [0.15, 0.2) is 13.9 Å². The number of carbonyl (C=O) groups excluding carboxylic acids is 3. The largest absolute Gasteiger partial charge is 0.432 e. The van der Waals surface area contributed by atoms with Gasteiger partial charge in [0.1, 0.15) is 5.54 Å². The third kappa shape index (κ3) is 4.71. The molecule has 2 spiro atoms. The van der Waals surface area contributed by atoms with Gasteiger partial charge in [0, 0.05) is 40.6 Å². The molecule has 5 heterocycles. The van der Waals surface area contributed by atoms with Crippen LogP contribution < -0.4 is 20.4 Å². The third-order valence-corrected chi connectivity index (χ3v) is 13.8. The van der Waals surface area contributed by atoms with E-state index >= 15 is 0 Å². The Hall–Kier alpha value is -3.29. The van der Waals surface area contributed by atoms with Crippen LogP contribution in [0.3, 0.4) is 0 Å². The van der Waals surface area contributed by atoms with Crippen LogP contribution in [0.5, 0.6) is 0 Å². The lowest BCUT2D eigenvalue weighted by Crippen LogP contribution is -2.55. The molecule has 4 saturated heterocycles. The number of carbonyl (C=O) groups is 3. The van der Waals surface area contributed by atoms with Gasteiger partial charge in [-0.1, -0.05) is 25.1 Å². The smallest absolute Gasteiger partial charge is 0.261 e. The van der Waals surface area contributed by atoms with Crippen molar-refractivity contribution in [1.82, 2.24) is 10.2 Å². The maximum absolute atomic E-state index is 14.4. The van der Waals surface area contributed by atoms with Crippen LogP contribution in [-0.4, -0.2) is 91.4 Å². The number of rotatable bonds is 6. The number of aliphatic hydroxyl groups is 1. The Bertz CT molecular complexity index is 1530. The molecule has 4 N–H and O–H groups in total. The number of ether oxygens (including phenoxy) is 1. The van der Waals surface area contributed by atoms with E-state index in [1.807, 2.05) is 73.4 Å². The number of nitrogens with one attached hydrogen (secondary N) is 2. The first-order chi connectivity index (χ1) is 22.0. The van der Waals surface area contributed by atoms with Crippen molar-refractivity contribution in [2.45, 2.75) is 80.9 Å². The molecule has 5 aliphatic rings. The summed E-state index contributed by atoms with van der Waals surface area (Å²) in [4.78, 5) is 59.2. The van der Waals surface area contributed by atoms with Crippen LogP contribution in [-0.2, 0) is 24.7 Å². The van der Waals surface area contributed by atoms with E-state index in [0.29, 0.717) is 43.0 Å². The highest BCUT2D eigenvalue weighted by atomic mass is 28.4. The number of fused-ring (bicyclic) bond motifs is 2. The Kier molecular flexibility index (Phi) is 7.79. The molecule has 2 aromatic rings. The van der Waals surface area contributed by atoms with E-state index < -0.39 is 37.0 Å². The van der Waals surface area contributed by atoms with Gasteiger partial charge in [-0.3, -0.25) is 19.3 Å². The minimum atomic E-state index is -2.95. The van der Waals surface area contributed by atoms with Crippen molar-refractivity contribution >= 4 is 43.1 Å². The average molecular weight is 648 g/mol. The predicted molar refractivity (Wildman–Crippen MR) is 177 cm³/mol. The summed E-state index contributed by atoms with van der Waals surface area (Å²) in [6, 6.07) is 15.4. The fraction of sp³-hybridized carbons (Fsp3) is 0.559. The van der Waals surface area contributed by atoms with Gasteiger partial charge >= 0.3 is 0 Å². The Morgan fingerprint density at radius 1 is 1.09 bits per heavy atom. The fourth-order valence-corrected chi connectivity index (χ4v) is 11.6. The molecular weight excluding hydrogens is 602 g/mol. The van der Waals surface area contributed by atoms with Crippen molar-refractivity contribution in [3.63, 3.8) is 0 Å². The number of aliphatic hydroxyl groups excluding tert-OH is 1. The highest BCUT2D eigenvalue weighted by Crippen LogP contribution is 2.59. The summed E-state index contributed by atoms with van der Waals surface area (Å²) in [6.45, 7) is 7.98. The van der Waals surface area contributed by atoms with Crippen molar-refractivity contribution in [3.8, 4) is 0 Å². The summed E-state index contributed by atoms with van der Waals surface area (Å²) in [5.41, 5.74) is 0.461. The lowest BCUT2D eigenvalue weighted by molar-refractivity contribution is -0.148. The number of piperidine rings is 1. The van der Waals surface area contributed by atoms with Crippen LogP contribution in [0, 0.1) is 5.92 Å². The first-order valence-electron chi connectivity index (χ1n) is 16.6. The first-order valence-corrected chi connectivity index (χ1v) is 19.7. The van der Waals surface area contributed by atoms with Crippen LogP contribution in [0.2, 0.25) is 18.6 Å². The Morgan fingerprint density at radius 3 is 2.52 bits per heavy atom. The molecule has 5 atom stereocenters. The molecule has 4 fully saturated rings. The molecule has 0 aliphatic carbocycles. The lowest BCUT2D eigenvalue weighted by Gasteiger charge is -2.39. The van der Waals surface area contributed by atoms with Crippen LogP contribution >= 0.6 is 0 Å². The van der Waals surface area contributed by atoms with E-state index in [9.17, 15) is 24.3 Å². The second kappa shape index (κ2) is 11.4. The molecule has 11 nitrogen and oxygen atoms in total. The van der Waals surface area contributed by atoms with Crippen molar-refractivity contribution < 1.29 is 29.0 Å². The Morgan fingerprint density at radius 2 is 1.83 bits per heavy atom. The third-order valence-electron chi connectivity index (χ3n) is 11.3. The molecule has 3 amide bonds. The molecular formula is C34H45N5O6Si. The maximum Gasteiger partial charge on any atom is 0.261 e. The average Bonchev–Trinajstić information content (AvgIpc) is 3.77.